The van der Waals surface area contributed by atoms with Crippen molar-refractivity contribution in [3.63, 3.8) is 0 Å². The molecule has 0 bridgehead atoms. The van der Waals surface area contributed by atoms with Crippen molar-refractivity contribution >= 4 is 18.0 Å². The molecule has 1 atom stereocenters. The number of hydrogen-bond donors (Lipinski definition) is 1. The maximum Gasteiger partial charge on any atom is 0.331 e. The minimum Gasteiger partial charge on any atom is -0.497 e. The number of carbonyl (C=O) groups is 2. The summed E-state index contributed by atoms with van der Waals surface area (Å²) in [5.74, 6) is 0.726. The topological polar surface area (TPSA) is 87.0 Å². The number of nitrogens with one attached hydrogen (secondary N) is 1. The smallest absolute Gasteiger partial charge is 0.331 e. The molecule has 1 heterocycles. The zero-order chi connectivity index (χ0) is 18.9. The Labute approximate surface area is 151 Å². The summed E-state index contributed by atoms with van der Waals surface area (Å²) in [7, 11) is 3.11. The van der Waals surface area contributed by atoms with Gasteiger partial charge in [0.05, 0.1) is 26.5 Å². The highest BCUT2D eigenvalue weighted by Gasteiger charge is 2.16. The van der Waals surface area contributed by atoms with Gasteiger partial charge in [-0.1, -0.05) is 0 Å². The molecule has 0 spiro atoms. The molecule has 0 saturated heterocycles. The predicted octanol–water partition coefficient (Wildman–Crippen LogP) is 2.73. The van der Waals surface area contributed by atoms with Gasteiger partial charge in [0.15, 0.2) is 6.61 Å². The maximum absolute atomic E-state index is 12.0. The van der Waals surface area contributed by atoms with Crippen LogP contribution in [0.5, 0.6) is 11.5 Å². The van der Waals surface area contributed by atoms with Gasteiger partial charge in [-0.2, -0.15) is 0 Å². The van der Waals surface area contributed by atoms with Crippen LogP contribution in [0.1, 0.15) is 24.3 Å². The van der Waals surface area contributed by atoms with E-state index in [9.17, 15) is 9.59 Å². The van der Waals surface area contributed by atoms with E-state index >= 15 is 0 Å². The van der Waals surface area contributed by atoms with E-state index in [1.165, 1.54) is 18.4 Å². The lowest BCUT2D eigenvalue weighted by Gasteiger charge is -2.18. The van der Waals surface area contributed by atoms with Gasteiger partial charge in [-0.25, -0.2) is 4.79 Å². The van der Waals surface area contributed by atoms with Gasteiger partial charge in [-0.3, -0.25) is 4.79 Å². The van der Waals surface area contributed by atoms with Crippen LogP contribution in [-0.4, -0.2) is 32.7 Å². The third kappa shape index (κ3) is 5.41. The summed E-state index contributed by atoms with van der Waals surface area (Å²) in [6.07, 6.45) is 4.15. The van der Waals surface area contributed by atoms with Crippen molar-refractivity contribution in [2.45, 2.75) is 13.0 Å². The molecule has 0 radical (unpaired) electrons. The molecule has 0 aliphatic carbocycles. The summed E-state index contributed by atoms with van der Waals surface area (Å²) >= 11 is 0. The average molecular weight is 359 g/mol. The number of methoxy groups -OCH3 is 2. The lowest BCUT2D eigenvalue weighted by atomic mass is 10.1. The van der Waals surface area contributed by atoms with Crippen molar-refractivity contribution in [2.75, 3.05) is 20.8 Å². The van der Waals surface area contributed by atoms with Crippen molar-refractivity contribution in [3.05, 3.63) is 54.0 Å². The van der Waals surface area contributed by atoms with Gasteiger partial charge in [0.1, 0.15) is 17.3 Å². The Kier molecular flexibility index (Phi) is 6.84. The van der Waals surface area contributed by atoms with Crippen LogP contribution in [0.3, 0.4) is 0 Å². The number of hydrogen-bond acceptors (Lipinski definition) is 6. The molecule has 138 valence electrons. The van der Waals surface area contributed by atoms with E-state index in [1.807, 2.05) is 0 Å². The average Bonchev–Trinajstić information content (AvgIpc) is 3.17. The molecule has 1 aromatic heterocycles. The summed E-state index contributed by atoms with van der Waals surface area (Å²) < 4.78 is 20.5. The van der Waals surface area contributed by atoms with Crippen LogP contribution in [-0.2, 0) is 14.3 Å². The molecule has 0 fully saturated rings. The van der Waals surface area contributed by atoms with Crippen LogP contribution in [0.25, 0.3) is 6.08 Å². The van der Waals surface area contributed by atoms with Gasteiger partial charge >= 0.3 is 5.97 Å². The molecular formula is C19H21NO6. The van der Waals surface area contributed by atoms with E-state index in [0.29, 0.717) is 17.3 Å². The van der Waals surface area contributed by atoms with E-state index in [0.717, 1.165) is 5.56 Å². The Balaban J connectivity index is 1.88. The van der Waals surface area contributed by atoms with Crippen LogP contribution in [0.2, 0.25) is 0 Å². The normalized spacial score (nSPS) is 11.8. The highest BCUT2D eigenvalue weighted by atomic mass is 16.5. The third-order valence-electron chi connectivity index (χ3n) is 3.55. The monoisotopic (exact) mass is 359 g/mol. The van der Waals surface area contributed by atoms with Crippen LogP contribution in [0.4, 0.5) is 0 Å². The SMILES string of the molecule is COc1ccc(OC)c([C@@H](C)NC(=O)COC(=O)/C=C/c2ccco2)c1. The first-order valence-electron chi connectivity index (χ1n) is 7.93. The van der Waals surface area contributed by atoms with Crippen LogP contribution >= 0.6 is 0 Å². The van der Waals surface area contributed by atoms with Gasteiger partial charge in [0.25, 0.3) is 5.91 Å². The molecule has 7 nitrogen and oxygen atoms in total. The van der Waals surface area contributed by atoms with Gasteiger partial charge in [0.2, 0.25) is 0 Å². The first-order valence-corrected chi connectivity index (χ1v) is 7.93. The van der Waals surface area contributed by atoms with Crippen molar-refractivity contribution in [1.82, 2.24) is 5.32 Å². The summed E-state index contributed by atoms with van der Waals surface area (Å²) in [4.78, 5) is 23.6. The number of ether oxygens (including phenoxy) is 3. The molecule has 1 aromatic carbocycles. The van der Waals surface area contributed by atoms with E-state index < -0.39 is 18.5 Å². The zero-order valence-corrected chi connectivity index (χ0v) is 14.9. The van der Waals surface area contributed by atoms with E-state index in [1.54, 1.807) is 51.5 Å². The second-order valence-corrected chi connectivity index (χ2v) is 5.35. The molecular weight excluding hydrogens is 338 g/mol. The Morgan fingerprint density at radius 2 is 2.04 bits per heavy atom. The van der Waals surface area contributed by atoms with Crippen LogP contribution in [0, 0.1) is 0 Å². The summed E-state index contributed by atoms with van der Waals surface area (Å²) in [6.45, 7) is 1.41. The fraction of sp³-hybridized carbons (Fsp3) is 0.263. The molecule has 26 heavy (non-hydrogen) atoms. The largest absolute Gasteiger partial charge is 0.497 e. The molecule has 0 unspecified atom stereocenters. The highest BCUT2D eigenvalue weighted by Crippen LogP contribution is 2.29. The fourth-order valence-electron chi connectivity index (χ4n) is 2.26. The van der Waals surface area contributed by atoms with Gasteiger partial charge < -0.3 is 23.9 Å². The molecule has 7 heteroatoms. The fourth-order valence-corrected chi connectivity index (χ4v) is 2.26. The highest BCUT2D eigenvalue weighted by molar-refractivity contribution is 5.89. The summed E-state index contributed by atoms with van der Waals surface area (Å²) in [6, 6.07) is 8.35. The number of rotatable bonds is 8. The third-order valence-corrected chi connectivity index (χ3v) is 3.55. The number of amides is 1. The lowest BCUT2D eigenvalue weighted by molar-refractivity contribution is -0.144. The van der Waals surface area contributed by atoms with Crippen molar-refractivity contribution in [3.8, 4) is 11.5 Å². The number of benzene rings is 1. The minimum atomic E-state index is -0.636. The Morgan fingerprint density at radius 1 is 1.23 bits per heavy atom. The lowest BCUT2D eigenvalue weighted by Crippen LogP contribution is -2.31. The summed E-state index contributed by atoms with van der Waals surface area (Å²) in [5.41, 5.74) is 0.754. The quantitative estimate of drug-likeness (QED) is 0.576. The number of carbonyl (C=O) groups excluding carboxylic acids is 2. The Bertz CT molecular complexity index is 766. The Morgan fingerprint density at radius 3 is 2.69 bits per heavy atom. The van der Waals surface area contributed by atoms with Crippen LogP contribution < -0.4 is 14.8 Å². The van der Waals surface area contributed by atoms with Crippen molar-refractivity contribution in [1.29, 1.82) is 0 Å². The number of furan rings is 1. The second kappa shape index (κ2) is 9.31. The molecule has 0 aliphatic rings. The molecule has 1 N–H and O–H groups in total. The van der Waals surface area contributed by atoms with Gasteiger partial charge in [-0.05, 0) is 43.3 Å². The maximum atomic E-state index is 12.0. The van der Waals surface area contributed by atoms with E-state index in [2.05, 4.69) is 5.32 Å². The second-order valence-electron chi connectivity index (χ2n) is 5.35. The van der Waals surface area contributed by atoms with Crippen molar-refractivity contribution in [2.24, 2.45) is 0 Å². The first-order chi connectivity index (χ1) is 12.5. The summed E-state index contributed by atoms with van der Waals surface area (Å²) in [5, 5.41) is 2.75. The Hall–Kier alpha value is -3.22. The minimum absolute atomic E-state index is 0.357. The van der Waals surface area contributed by atoms with E-state index in [4.69, 9.17) is 18.6 Å². The molecule has 0 aliphatic heterocycles. The number of esters is 1. The van der Waals surface area contributed by atoms with E-state index in [-0.39, 0.29) is 6.04 Å². The standard InChI is InChI=1S/C19H21NO6/c1-13(16-11-15(23-2)6-8-17(16)24-3)20-18(21)12-26-19(22)9-7-14-5-4-10-25-14/h4-11,13H,12H2,1-3H3,(H,20,21)/b9-7+/t13-/m1/s1. The molecule has 0 saturated carbocycles. The molecule has 1 amide bonds. The van der Waals surface area contributed by atoms with Gasteiger partial charge in [0, 0.05) is 11.6 Å². The van der Waals surface area contributed by atoms with Gasteiger partial charge in [-0.15, -0.1) is 0 Å². The van der Waals surface area contributed by atoms with Crippen molar-refractivity contribution < 1.29 is 28.2 Å². The molecule has 2 aromatic rings. The predicted molar refractivity (Wildman–Crippen MR) is 94.8 cm³/mol. The zero-order valence-electron chi connectivity index (χ0n) is 14.9. The molecule has 2 rings (SSSR count). The first kappa shape index (κ1) is 19.1. The van der Waals surface area contributed by atoms with Crippen LogP contribution in [0.15, 0.2) is 47.1 Å².